The van der Waals surface area contributed by atoms with E-state index in [0.29, 0.717) is 29.6 Å². The standard InChI is InChI=1S/C16H16F2N2O/c17-13-7-12(8-19-14-5-6-14)16(20-9-13)21-10-11-3-1-2-4-15(11)18/h1-4,7,9,14,19H,5-6,8,10H2. The summed E-state index contributed by atoms with van der Waals surface area (Å²) < 4.78 is 32.4. The first-order valence-electron chi connectivity index (χ1n) is 6.96. The summed E-state index contributed by atoms with van der Waals surface area (Å²) in [7, 11) is 0. The van der Waals surface area contributed by atoms with E-state index in [-0.39, 0.29) is 12.4 Å². The zero-order valence-electron chi connectivity index (χ0n) is 11.5. The summed E-state index contributed by atoms with van der Waals surface area (Å²) in [4.78, 5) is 3.96. The van der Waals surface area contributed by atoms with E-state index >= 15 is 0 Å². The summed E-state index contributed by atoms with van der Waals surface area (Å²) in [5.74, 6) is -0.383. The first-order chi connectivity index (χ1) is 10.2. The Morgan fingerprint density at radius 2 is 2.00 bits per heavy atom. The molecule has 110 valence electrons. The molecule has 0 atom stereocenters. The van der Waals surface area contributed by atoms with Gasteiger partial charge in [0.15, 0.2) is 0 Å². The van der Waals surface area contributed by atoms with Gasteiger partial charge in [0, 0.05) is 23.7 Å². The number of aromatic nitrogens is 1. The fourth-order valence-corrected chi connectivity index (χ4v) is 2.03. The number of pyridine rings is 1. The number of halogens is 2. The molecule has 1 aromatic carbocycles. The number of nitrogens with zero attached hydrogens (tertiary/aromatic N) is 1. The molecule has 1 fully saturated rings. The Morgan fingerprint density at radius 1 is 1.19 bits per heavy atom. The normalized spacial score (nSPS) is 14.2. The Balaban J connectivity index is 1.70. The maximum absolute atomic E-state index is 13.5. The van der Waals surface area contributed by atoms with Crippen LogP contribution in [0.1, 0.15) is 24.0 Å². The minimum absolute atomic E-state index is 0.0712. The zero-order valence-corrected chi connectivity index (χ0v) is 11.5. The Kier molecular flexibility index (Phi) is 4.10. The molecule has 0 saturated heterocycles. The lowest BCUT2D eigenvalue weighted by Gasteiger charge is -2.11. The highest BCUT2D eigenvalue weighted by molar-refractivity contribution is 5.27. The van der Waals surface area contributed by atoms with Gasteiger partial charge in [-0.15, -0.1) is 0 Å². The van der Waals surface area contributed by atoms with Crippen molar-refractivity contribution in [2.24, 2.45) is 0 Å². The third kappa shape index (κ3) is 3.76. The lowest BCUT2D eigenvalue weighted by atomic mass is 10.2. The first kappa shape index (κ1) is 13.9. The van der Waals surface area contributed by atoms with Crippen LogP contribution in [0.4, 0.5) is 8.78 Å². The van der Waals surface area contributed by atoms with Gasteiger partial charge in [0.05, 0.1) is 6.20 Å². The summed E-state index contributed by atoms with van der Waals surface area (Å²) in [6, 6.07) is 8.31. The molecule has 1 aliphatic carbocycles. The third-order valence-electron chi connectivity index (χ3n) is 3.37. The summed E-state index contributed by atoms with van der Waals surface area (Å²) >= 11 is 0. The van der Waals surface area contributed by atoms with Gasteiger partial charge < -0.3 is 10.1 Å². The number of hydrogen-bond acceptors (Lipinski definition) is 3. The van der Waals surface area contributed by atoms with Crippen LogP contribution in [0.3, 0.4) is 0 Å². The van der Waals surface area contributed by atoms with Crippen molar-refractivity contribution < 1.29 is 13.5 Å². The van der Waals surface area contributed by atoms with E-state index in [1.54, 1.807) is 18.2 Å². The molecular weight excluding hydrogens is 274 g/mol. The van der Waals surface area contributed by atoms with Crippen molar-refractivity contribution >= 4 is 0 Å². The lowest BCUT2D eigenvalue weighted by molar-refractivity contribution is 0.283. The second-order valence-electron chi connectivity index (χ2n) is 5.15. The monoisotopic (exact) mass is 290 g/mol. The molecule has 2 aromatic rings. The van der Waals surface area contributed by atoms with Crippen LogP contribution >= 0.6 is 0 Å². The van der Waals surface area contributed by atoms with Crippen LogP contribution in [0.15, 0.2) is 36.5 Å². The number of ether oxygens (including phenoxy) is 1. The number of hydrogen-bond donors (Lipinski definition) is 1. The quantitative estimate of drug-likeness (QED) is 0.887. The van der Waals surface area contributed by atoms with E-state index in [1.165, 1.54) is 12.1 Å². The smallest absolute Gasteiger partial charge is 0.218 e. The number of benzene rings is 1. The molecule has 0 radical (unpaired) electrons. The molecule has 0 spiro atoms. The predicted octanol–water partition coefficient (Wildman–Crippen LogP) is 3.19. The molecule has 5 heteroatoms. The molecule has 1 saturated carbocycles. The third-order valence-corrected chi connectivity index (χ3v) is 3.37. The maximum atomic E-state index is 13.5. The van der Waals surface area contributed by atoms with Crippen LogP contribution in [0.25, 0.3) is 0 Å². The van der Waals surface area contributed by atoms with Crippen molar-refractivity contribution in [2.75, 3.05) is 0 Å². The van der Waals surface area contributed by atoms with Crippen molar-refractivity contribution in [3.8, 4) is 5.88 Å². The van der Waals surface area contributed by atoms with E-state index in [4.69, 9.17) is 4.74 Å². The van der Waals surface area contributed by atoms with Crippen LogP contribution in [0.5, 0.6) is 5.88 Å². The van der Waals surface area contributed by atoms with Gasteiger partial charge in [0.2, 0.25) is 5.88 Å². The molecule has 1 aliphatic rings. The van der Waals surface area contributed by atoms with Gasteiger partial charge in [-0.3, -0.25) is 0 Å². The summed E-state index contributed by atoms with van der Waals surface area (Å²) in [5, 5.41) is 3.29. The van der Waals surface area contributed by atoms with Crippen LogP contribution < -0.4 is 10.1 Å². The highest BCUT2D eigenvalue weighted by Gasteiger charge is 2.21. The molecule has 3 nitrogen and oxygen atoms in total. The fraction of sp³-hybridized carbons (Fsp3) is 0.312. The average Bonchev–Trinajstić information content (AvgIpc) is 3.30. The fourth-order valence-electron chi connectivity index (χ4n) is 2.03. The van der Waals surface area contributed by atoms with E-state index < -0.39 is 5.82 Å². The van der Waals surface area contributed by atoms with E-state index in [0.717, 1.165) is 19.0 Å². The molecule has 1 aromatic heterocycles. The van der Waals surface area contributed by atoms with Gasteiger partial charge >= 0.3 is 0 Å². The van der Waals surface area contributed by atoms with E-state index in [9.17, 15) is 8.78 Å². The highest BCUT2D eigenvalue weighted by atomic mass is 19.1. The van der Waals surface area contributed by atoms with Crippen molar-refractivity contribution in [1.82, 2.24) is 10.3 Å². The Labute approximate surface area is 122 Å². The minimum atomic E-state index is -0.402. The minimum Gasteiger partial charge on any atom is -0.472 e. The molecule has 0 bridgehead atoms. The SMILES string of the molecule is Fc1cnc(OCc2ccccc2F)c(CNC2CC2)c1. The zero-order chi connectivity index (χ0) is 14.7. The summed E-state index contributed by atoms with van der Waals surface area (Å²) in [6.45, 7) is 0.573. The second-order valence-corrected chi connectivity index (χ2v) is 5.15. The number of nitrogens with one attached hydrogen (secondary N) is 1. The average molecular weight is 290 g/mol. The van der Waals surface area contributed by atoms with Gasteiger partial charge in [0.25, 0.3) is 0 Å². The lowest BCUT2D eigenvalue weighted by Crippen LogP contribution is -2.16. The van der Waals surface area contributed by atoms with Crippen LogP contribution in [-0.2, 0) is 13.2 Å². The van der Waals surface area contributed by atoms with Crippen LogP contribution in [-0.4, -0.2) is 11.0 Å². The largest absolute Gasteiger partial charge is 0.472 e. The van der Waals surface area contributed by atoms with Crippen molar-refractivity contribution in [3.05, 3.63) is 59.3 Å². The molecule has 3 rings (SSSR count). The van der Waals surface area contributed by atoms with Gasteiger partial charge in [0.1, 0.15) is 18.2 Å². The van der Waals surface area contributed by atoms with Gasteiger partial charge in [-0.1, -0.05) is 18.2 Å². The van der Waals surface area contributed by atoms with Crippen LogP contribution in [0.2, 0.25) is 0 Å². The Bertz CT molecular complexity index is 629. The molecule has 0 amide bonds. The molecule has 1 heterocycles. The van der Waals surface area contributed by atoms with Crippen molar-refractivity contribution in [1.29, 1.82) is 0 Å². The maximum Gasteiger partial charge on any atom is 0.218 e. The van der Waals surface area contributed by atoms with Crippen molar-refractivity contribution in [3.63, 3.8) is 0 Å². The molecule has 0 unspecified atom stereocenters. The molecular formula is C16H16F2N2O. The molecule has 0 aliphatic heterocycles. The van der Waals surface area contributed by atoms with Gasteiger partial charge in [-0.2, -0.15) is 0 Å². The van der Waals surface area contributed by atoms with Gasteiger partial charge in [-0.05, 0) is 25.0 Å². The Hall–Kier alpha value is -2.01. The first-order valence-corrected chi connectivity index (χ1v) is 6.96. The predicted molar refractivity (Wildman–Crippen MR) is 74.8 cm³/mol. The molecule has 21 heavy (non-hydrogen) atoms. The Morgan fingerprint density at radius 3 is 2.76 bits per heavy atom. The summed E-state index contributed by atoms with van der Waals surface area (Å²) in [6.07, 6.45) is 3.40. The topological polar surface area (TPSA) is 34.1 Å². The van der Waals surface area contributed by atoms with Crippen LogP contribution in [0, 0.1) is 11.6 Å². The van der Waals surface area contributed by atoms with E-state index in [1.807, 2.05) is 0 Å². The van der Waals surface area contributed by atoms with Crippen molar-refractivity contribution in [2.45, 2.75) is 32.0 Å². The highest BCUT2D eigenvalue weighted by Crippen LogP contribution is 2.22. The van der Waals surface area contributed by atoms with E-state index in [2.05, 4.69) is 10.3 Å². The molecule has 1 N–H and O–H groups in total. The second kappa shape index (κ2) is 6.18. The number of rotatable bonds is 6. The summed E-state index contributed by atoms with van der Waals surface area (Å²) in [5.41, 5.74) is 1.10. The van der Waals surface area contributed by atoms with Gasteiger partial charge in [-0.25, -0.2) is 13.8 Å².